The minimum Gasteiger partial charge on any atom is -0.335 e. The summed E-state index contributed by atoms with van der Waals surface area (Å²) < 4.78 is 2.51. The predicted octanol–water partition coefficient (Wildman–Crippen LogP) is 11.8. The number of aryl methyl sites for hydroxylation is 1. The summed E-state index contributed by atoms with van der Waals surface area (Å²) in [5.74, 6) is 1.69. The molecule has 41 heavy (non-hydrogen) atoms. The van der Waals surface area contributed by atoms with Crippen molar-refractivity contribution in [3.8, 4) is 0 Å². The monoisotopic (exact) mass is 556 g/mol. The Hall–Kier alpha value is -2.35. The molecule has 2 nitrogen and oxygen atoms in total. The van der Waals surface area contributed by atoms with Crippen molar-refractivity contribution in [3.05, 3.63) is 90.0 Å². The van der Waals surface area contributed by atoms with Crippen molar-refractivity contribution in [2.45, 2.75) is 154 Å². The largest absolute Gasteiger partial charge is 0.335 e. The van der Waals surface area contributed by atoms with Gasteiger partial charge in [0.15, 0.2) is 0 Å². The number of nitrogens with zero attached hydrogens (tertiary/aromatic N) is 2. The molecule has 0 fully saturated rings. The molecular formula is C39H60N2. The van der Waals surface area contributed by atoms with Gasteiger partial charge in [0, 0.05) is 30.3 Å². The van der Waals surface area contributed by atoms with Crippen molar-refractivity contribution in [1.82, 2.24) is 9.55 Å². The standard InChI is InChI=1S/C39H60N2/c1-4-6-8-10-12-13-14-15-16-24-30-37(38-40-31-33-41(38)32-25-17-11-9-7-5-2)39(3,36-28-22-19-23-29-36)34-35-26-20-18-21-27-35/h18-23,26-29,31,33,37H,4-17,24-25,30,32,34H2,1-3H3. The fraction of sp³-hybridized carbons (Fsp3) is 0.615. The molecule has 0 saturated heterocycles. The van der Waals surface area contributed by atoms with Gasteiger partial charge in [0.05, 0.1) is 0 Å². The first kappa shape index (κ1) is 33.2. The second-order valence-corrected chi connectivity index (χ2v) is 12.7. The Balaban J connectivity index is 1.74. The molecule has 2 atom stereocenters. The third-order valence-corrected chi connectivity index (χ3v) is 9.27. The van der Waals surface area contributed by atoms with E-state index in [0.29, 0.717) is 5.92 Å². The SMILES string of the molecule is CCCCCCCCCCCCC(c1nccn1CCCCCCCC)C(C)(Cc1ccccc1)c1ccccc1. The van der Waals surface area contributed by atoms with Crippen LogP contribution in [0.3, 0.4) is 0 Å². The van der Waals surface area contributed by atoms with E-state index in [9.17, 15) is 0 Å². The molecule has 0 bridgehead atoms. The highest BCUT2D eigenvalue weighted by Crippen LogP contribution is 2.44. The topological polar surface area (TPSA) is 17.8 Å². The molecule has 3 aromatic rings. The molecule has 0 saturated carbocycles. The van der Waals surface area contributed by atoms with E-state index in [-0.39, 0.29) is 5.41 Å². The van der Waals surface area contributed by atoms with Gasteiger partial charge in [0.1, 0.15) is 5.82 Å². The van der Waals surface area contributed by atoms with Crippen molar-refractivity contribution in [2.75, 3.05) is 0 Å². The molecule has 226 valence electrons. The molecule has 1 heterocycles. The Morgan fingerprint density at radius 1 is 0.634 bits per heavy atom. The second-order valence-electron chi connectivity index (χ2n) is 12.7. The smallest absolute Gasteiger partial charge is 0.112 e. The van der Waals surface area contributed by atoms with E-state index in [1.54, 1.807) is 0 Å². The Kier molecular flexibility index (Phi) is 15.9. The minimum atomic E-state index is -0.0217. The van der Waals surface area contributed by atoms with Gasteiger partial charge in [-0.25, -0.2) is 4.98 Å². The summed E-state index contributed by atoms with van der Waals surface area (Å²) in [6.07, 6.45) is 28.3. The molecule has 3 rings (SSSR count). The van der Waals surface area contributed by atoms with Gasteiger partial charge in [0.25, 0.3) is 0 Å². The van der Waals surface area contributed by atoms with Crippen LogP contribution in [-0.2, 0) is 18.4 Å². The predicted molar refractivity (Wildman–Crippen MR) is 179 cm³/mol. The normalized spacial score (nSPS) is 13.7. The Labute approximate surface area is 253 Å². The number of hydrogen-bond donors (Lipinski definition) is 0. The molecular weight excluding hydrogens is 496 g/mol. The average molecular weight is 557 g/mol. The van der Waals surface area contributed by atoms with E-state index in [1.165, 1.54) is 126 Å². The number of imidazole rings is 1. The number of unbranched alkanes of at least 4 members (excludes halogenated alkanes) is 14. The van der Waals surface area contributed by atoms with Gasteiger partial charge in [-0.3, -0.25) is 0 Å². The van der Waals surface area contributed by atoms with Gasteiger partial charge >= 0.3 is 0 Å². The third kappa shape index (κ3) is 11.4. The van der Waals surface area contributed by atoms with Gasteiger partial charge in [-0.2, -0.15) is 0 Å². The first-order valence-electron chi connectivity index (χ1n) is 17.3. The fourth-order valence-electron chi connectivity index (χ4n) is 6.72. The number of benzene rings is 2. The molecule has 2 unspecified atom stereocenters. The average Bonchev–Trinajstić information content (AvgIpc) is 3.46. The van der Waals surface area contributed by atoms with Crippen LogP contribution in [-0.4, -0.2) is 9.55 Å². The molecule has 2 aromatic carbocycles. The van der Waals surface area contributed by atoms with Gasteiger partial charge in [-0.15, -0.1) is 0 Å². The molecule has 0 N–H and O–H groups in total. The molecule has 0 aliphatic carbocycles. The van der Waals surface area contributed by atoms with Crippen molar-refractivity contribution in [2.24, 2.45) is 0 Å². The number of aromatic nitrogens is 2. The summed E-state index contributed by atoms with van der Waals surface area (Å²) in [7, 11) is 0. The van der Waals surface area contributed by atoms with Crippen LogP contribution in [0.25, 0.3) is 0 Å². The summed E-state index contributed by atoms with van der Waals surface area (Å²) in [4.78, 5) is 5.10. The third-order valence-electron chi connectivity index (χ3n) is 9.27. The van der Waals surface area contributed by atoms with E-state index in [0.717, 1.165) is 13.0 Å². The van der Waals surface area contributed by atoms with Gasteiger partial charge in [-0.05, 0) is 30.4 Å². The molecule has 0 aliphatic rings. The lowest BCUT2D eigenvalue weighted by molar-refractivity contribution is 0.321. The number of rotatable bonds is 23. The summed E-state index contributed by atoms with van der Waals surface area (Å²) in [6, 6.07) is 22.4. The van der Waals surface area contributed by atoms with Crippen LogP contribution in [0, 0.1) is 0 Å². The minimum absolute atomic E-state index is 0.0217. The Bertz CT molecular complexity index is 1020. The molecule has 0 amide bonds. The van der Waals surface area contributed by atoms with Gasteiger partial charge in [-0.1, -0.05) is 178 Å². The maximum atomic E-state index is 5.10. The van der Waals surface area contributed by atoms with Crippen LogP contribution in [0.4, 0.5) is 0 Å². The lowest BCUT2D eigenvalue weighted by atomic mass is 9.66. The molecule has 0 aliphatic heterocycles. The number of hydrogen-bond acceptors (Lipinski definition) is 1. The zero-order valence-electron chi connectivity index (χ0n) is 26.8. The summed E-state index contributed by atoms with van der Waals surface area (Å²) in [5, 5.41) is 0. The van der Waals surface area contributed by atoms with Crippen LogP contribution in [0.5, 0.6) is 0 Å². The fourth-order valence-corrected chi connectivity index (χ4v) is 6.72. The van der Waals surface area contributed by atoms with Crippen molar-refractivity contribution < 1.29 is 0 Å². The Morgan fingerprint density at radius 3 is 1.73 bits per heavy atom. The Morgan fingerprint density at radius 2 is 1.15 bits per heavy atom. The maximum absolute atomic E-state index is 5.10. The molecule has 2 heteroatoms. The van der Waals surface area contributed by atoms with Crippen LogP contribution < -0.4 is 0 Å². The van der Waals surface area contributed by atoms with Gasteiger partial charge < -0.3 is 4.57 Å². The van der Waals surface area contributed by atoms with Crippen LogP contribution in [0.2, 0.25) is 0 Å². The van der Waals surface area contributed by atoms with Crippen molar-refractivity contribution in [1.29, 1.82) is 0 Å². The van der Waals surface area contributed by atoms with Crippen LogP contribution >= 0.6 is 0 Å². The van der Waals surface area contributed by atoms with E-state index in [1.807, 2.05) is 0 Å². The summed E-state index contributed by atoms with van der Waals surface area (Å²) >= 11 is 0. The zero-order valence-corrected chi connectivity index (χ0v) is 26.8. The molecule has 0 spiro atoms. The second kappa shape index (κ2) is 19.7. The summed E-state index contributed by atoms with van der Waals surface area (Å²) in [6.45, 7) is 8.20. The van der Waals surface area contributed by atoms with Crippen molar-refractivity contribution in [3.63, 3.8) is 0 Å². The lowest BCUT2D eigenvalue weighted by Gasteiger charge is -2.39. The van der Waals surface area contributed by atoms with Crippen molar-refractivity contribution >= 4 is 0 Å². The van der Waals surface area contributed by atoms with Crippen LogP contribution in [0.15, 0.2) is 73.1 Å². The van der Waals surface area contributed by atoms with E-state index in [4.69, 9.17) is 4.98 Å². The highest BCUT2D eigenvalue weighted by Gasteiger charge is 2.39. The highest BCUT2D eigenvalue weighted by atomic mass is 15.1. The van der Waals surface area contributed by atoms with E-state index >= 15 is 0 Å². The van der Waals surface area contributed by atoms with Gasteiger partial charge in [0.2, 0.25) is 0 Å². The van der Waals surface area contributed by atoms with Crippen LogP contribution in [0.1, 0.15) is 153 Å². The quantitative estimate of drug-likeness (QED) is 0.106. The lowest BCUT2D eigenvalue weighted by Crippen LogP contribution is -2.35. The maximum Gasteiger partial charge on any atom is 0.112 e. The summed E-state index contributed by atoms with van der Waals surface area (Å²) in [5.41, 5.74) is 2.84. The van der Waals surface area contributed by atoms with E-state index < -0.39 is 0 Å². The first-order valence-corrected chi connectivity index (χ1v) is 17.3. The first-order chi connectivity index (χ1) is 20.2. The molecule has 0 radical (unpaired) electrons. The zero-order chi connectivity index (χ0) is 29.0. The van der Waals surface area contributed by atoms with E-state index in [2.05, 4.69) is 98.4 Å². The molecule has 1 aromatic heterocycles. The highest BCUT2D eigenvalue weighted by molar-refractivity contribution is 5.33.